The van der Waals surface area contributed by atoms with Crippen molar-refractivity contribution < 1.29 is 29.3 Å². The lowest BCUT2D eigenvalue weighted by molar-refractivity contribution is -0.126. The van der Waals surface area contributed by atoms with Crippen molar-refractivity contribution in [1.29, 1.82) is 0 Å². The van der Waals surface area contributed by atoms with Gasteiger partial charge in [0.2, 0.25) is 0 Å². The van der Waals surface area contributed by atoms with E-state index in [4.69, 9.17) is 4.74 Å². The number of rotatable bonds is 7. The number of carbonyl (C=O) groups is 3. The number of ether oxygens (including phenoxy) is 1. The minimum atomic E-state index is -1.21. The lowest BCUT2D eigenvalue weighted by Crippen LogP contribution is -2.50. The van der Waals surface area contributed by atoms with Crippen LogP contribution in [-0.2, 0) is 22.4 Å². The normalized spacial score (nSPS) is 18.6. The molecule has 0 bridgehead atoms. The van der Waals surface area contributed by atoms with Crippen molar-refractivity contribution in [1.82, 2.24) is 14.7 Å². The highest BCUT2D eigenvalue weighted by atomic mass is 16.6. The average Bonchev–Trinajstić information content (AvgIpc) is 3.24. The summed E-state index contributed by atoms with van der Waals surface area (Å²) in [5, 5.41) is 23.7. The Balaban J connectivity index is 1.23. The summed E-state index contributed by atoms with van der Waals surface area (Å²) in [6, 6.07) is 11.2. The number of amides is 4. The molecule has 3 N–H and O–H groups in total. The van der Waals surface area contributed by atoms with Gasteiger partial charge in [-0.1, -0.05) is 37.3 Å². The number of phenolic OH excluding ortho intramolecular Hbond substituents is 1. The van der Waals surface area contributed by atoms with E-state index >= 15 is 0 Å². The molecule has 47 heavy (non-hydrogen) atoms. The number of likely N-dealkylation sites (tertiary alicyclic amines) is 2. The first-order valence-electron chi connectivity index (χ1n) is 16.5. The molecule has 11 heteroatoms. The fourth-order valence-electron chi connectivity index (χ4n) is 6.55. The number of phenols is 1. The van der Waals surface area contributed by atoms with Gasteiger partial charge >= 0.3 is 12.1 Å². The van der Waals surface area contributed by atoms with E-state index in [0.717, 1.165) is 23.2 Å². The molecule has 0 unspecified atom stereocenters. The number of aliphatic imine (C=N–C) groups is 1. The predicted octanol–water partition coefficient (Wildman–Crippen LogP) is 4.71. The number of nitrogens with zero attached hydrogens (tertiary/aromatic N) is 4. The summed E-state index contributed by atoms with van der Waals surface area (Å²) >= 11 is 0. The number of fused-ring (bicyclic) bond motifs is 1. The van der Waals surface area contributed by atoms with Crippen molar-refractivity contribution in [2.24, 2.45) is 4.99 Å². The summed E-state index contributed by atoms with van der Waals surface area (Å²) in [4.78, 5) is 49.0. The van der Waals surface area contributed by atoms with Gasteiger partial charge in [0.15, 0.2) is 6.10 Å². The molecule has 4 amide bonds. The molecule has 0 radical (unpaired) electrons. The molecular formula is C36H45N5O6. The third-order valence-electron chi connectivity index (χ3n) is 9.66. The predicted molar refractivity (Wildman–Crippen MR) is 179 cm³/mol. The van der Waals surface area contributed by atoms with E-state index in [-0.39, 0.29) is 24.2 Å². The van der Waals surface area contributed by atoms with Crippen LogP contribution in [0.4, 0.5) is 15.3 Å². The first-order chi connectivity index (χ1) is 22.5. The second kappa shape index (κ2) is 14.9. The van der Waals surface area contributed by atoms with Crippen molar-refractivity contribution in [2.45, 2.75) is 83.5 Å². The number of aliphatic hydroxyl groups is 1. The number of aryl methyl sites for hydroxylation is 2. The van der Waals surface area contributed by atoms with Crippen LogP contribution in [0.15, 0.2) is 53.3 Å². The summed E-state index contributed by atoms with van der Waals surface area (Å²) in [5.41, 5.74) is 6.14. The number of anilines is 1. The number of carbonyl (C=O) groups excluding carboxylic acids is 3. The molecule has 2 fully saturated rings. The Morgan fingerprint density at radius 3 is 2.47 bits per heavy atom. The quantitative estimate of drug-likeness (QED) is 0.294. The van der Waals surface area contributed by atoms with Crippen LogP contribution in [0.25, 0.3) is 0 Å². The summed E-state index contributed by atoms with van der Waals surface area (Å²) in [6.07, 6.45) is 3.87. The zero-order valence-electron chi connectivity index (χ0n) is 27.5. The van der Waals surface area contributed by atoms with E-state index in [9.17, 15) is 24.6 Å². The first-order valence-corrected chi connectivity index (χ1v) is 16.5. The van der Waals surface area contributed by atoms with Crippen LogP contribution >= 0.6 is 0 Å². The van der Waals surface area contributed by atoms with Crippen LogP contribution in [0.3, 0.4) is 0 Å². The van der Waals surface area contributed by atoms with Crippen LogP contribution in [0, 0.1) is 13.8 Å². The molecule has 3 aliphatic heterocycles. The molecule has 2 aromatic rings. The summed E-state index contributed by atoms with van der Waals surface area (Å²) in [6.45, 7) is 8.22. The van der Waals surface area contributed by atoms with Crippen molar-refractivity contribution in [3.05, 3.63) is 70.6 Å². The molecule has 2 saturated heterocycles. The van der Waals surface area contributed by atoms with Crippen LogP contribution < -0.4 is 5.32 Å². The number of nitrogens with one attached hydrogen (secondary N) is 1. The number of hydrogen-bond donors (Lipinski definition) is 3. The highest BCUT2D eigenvalue weighted by Crippen LogP contribution is 2.27. The fraction of sp³-hybridized carbons (Fsp3) is 0.500. The summed E-state index contributed by atoms with van der Waals surface area (Å²) < 4.78 is 5.78. The smallest absolute Gasteiger partial charge is 0.410 e. The monoisotopic (exact) mass is 643 g/mol. The molecule has 3 heterocycles. The molecule has 1 atom stereocenters. The van der Waals surface area contributed by atoms with Gasteiger partial charge in [-0.25, -0.2) is 9.59 Å². The van der Waals surface area contributed by atoms with Crippen LogP contribution in [0.5, 0.6) is 5.75 Å². The van der Waals surface area contributed by atoms with E-state index in [2.05, 4.69) is 21.9 Å². The molecule has 5 rings (SSSR count). The third kappa shape index (κ3) is 8.43. The van der Waals surface area contributed by atoms with Gasteiger partial charge in [0.05, 0.1) is 11.8 Å². The number of aromatic hydroxyl groups is 1. The molecule has 0 aromatic heterocycles. The molecule has 0 saturated carbocycles. The minimum Gasteiger partial charge on any atom is -0.507 e. The van der Waals surface area contributed by atoms with Crippen LogP contribution in [-0.4, -0.2) is 99.3 Å². The minimum absolute atomic E-state index is 0.0223. The Labute approximate surface area is 276 Å². The van der Waals surface area contributed by atoms with E-state index in [1.807, 2.05) is 41.0 Å². The lowest BCUT2D eigenvalue weighted by atomic mass is 9.89. The Morgan fingerprint density at radius 1 is 1.11 bits per heavy atom. The van der Waals surface area contributed by atoms with Gasteiger partial charge in [0.1, 0.15) is 5.75 Å². The molecular weight excluding hydrogens is 598 g/mol. The maximum absolute atomic E-state index is 13.4. The van der Waals surface area contributed by atoms with Crippen LogP contribution in [0.2, 0.25) is 0 Å². The molecule has 0 aliphatic carbocycles. The summed E-state index contributed by atoms with van der Waals surface area (Å²) in [5.74, 6) is 2.06. The number of benzene rings is 2. The van der Waals surface area contributed by atoms with Gasteiger partial charge in [-0.15, -0.1) is 0 Å². The summed E-state index contributed by atoms with van der Waals surface area (Å²) in [7, 11) is 0. The van der Waals surface area contributed by atoms with Crippen molar-refractivity contribution >= 4 is 29.6 Å². The maximum Gasteiger partial charge on any atom is 0.410 e. The van der Waals surface area contributed by atoms with Crippen molar-refractivity contribution in [3.8, 4) is 5.75 Å². The molecule has 0 spiro atoms. The molecule has 11 nitrogen and oxygen atoms in total. The standard InChI is InChI=1S/C36H45N5O6/c1-4-36(46)13-20-39(21-14-36)16-7-15-37-33(43)31(24-27-22-25(2)32(42)26(3)23-27)47-35(45)40-17-11-29(12-18-40)41-19-10-28-8-5-6-9-30(28)38-34(41)44/h5-6,8-9,16,22-23,29,31,42,46H,4,10-14,17-21,24H2,1-3H3,(H,38,44)/t31-/m1/s1. The van der Waals surface area contributed by atoms with E-state index in [0.29, 0.717) is 76.0 Å². The van der Waals surface area contributed by atoms with Gasteiger partial charge in [-0.05, 0) is 86.4 Å². The molecule has 3 aliphatic rings. The van der Waals surface area contributed by atoms with E-state index in [1.165, 1.54) is 0 Å². The van der Waals surface area contributed by atoms with Crippen molar-refractivity contribution in [2.75, 3.05) is 38.0 Å². The Morgan fingerprint density at radius 2 is 1.79 bits per heavy atom. The molecule has 2 aromatic carbocycles. The van der Waals surface area contributed by atoms with E-state index < -0.39 is 23.7 Å². The van der Waals surface area contributed by atoms with Crippen molar-refractivity contribution in [3.63, 3.8) is 0 Å². The number of urea groups is 1. The zero-order valence-corrected chi connectivity index (χ0v) is 27.5. The maximum atomic E-state index is 13.4. The van der Waals surface area contributed by atoms with E-state index in [1.54, 1.807) is 37.1 Å². The second-order valence-electron chi connectivity index (χ2n) is 12.9. The highest BCUT2D eigenvalue weighted by molar-refractivity contribution is 5.91. The highest BCUT2D eigenvalue weighted by Gasteiger charge is 2.34. The van der Waals surface area contributed by atoms with Gasteiger partial charge < -0.3 is 35.0 Å². The number of piperidine rings is 2. The Bertz CT molecular complexity index is 1550. The van der Waals surface area contributed by atoms with Gasteiger partial charge in [0.25, 0.3) is 5.91 Å². The fourth-order valence-corrected chi connectivity index (χ4v) is 6.55. The largest absolute Gasteiger partial charge is 0.507 e. The Hall–Kier alpha value is -4.56. The van der Waals surface area contributed by atoms with Gasteiger partial charge in [-0.2, -0.15) is 4.99 Å². The topological polar surface area (TPSA) is 135 Å². The third-order valence-corrected chi connectivity index (χ3v) is 9.66. The van der Waals surface area contributed by atoms with Gasteiger partial charge in [0, 0.05) is 56.7 Å². The second-order valence-corrected chi connectivity index (χ2v) is 12.9. The number of para-hydroxylation sites is 1. The average molecular weight is 644 g/mol. The first kappa shape index (κ1) is 33.8. The lowest BCUT2D eigenvalue weighted by Gasteiger charge is -2.37. The SMILES string of the molecule is CCC1(O)CCN(C=C=C=NC(=O)[C@@H](Cc2cc(C)c(O)c(C)c2)OC(=O)N2CCC(N3CCc4ccccc4NC3=O)CC2)CC1. The molecule has 250 valence electrons. The van der Waals surface area contributed by atoms with Gasteiger partial charge in [-0.3, -0.25) is 4.79 Å². The Kier molecular flexibility index (Phi) is 10.7. The van der Waals surface area contributed by atoms with Crippen LogP contribution in [0.1, 0.15) is 61.3 Å². The zero-order chi connectivity index (χ0) is 33.6. The number of hydrogen-bond acceptors (Lipinski definition) is 7.